The Balaban J connectivity index is 2.61. The van der Waals surface area contributed by atoms with Crippen molar-refractivity contribution < 1.29 is 5.11 Å². The lowest BCUT2D eigenvalue weighted by Crippen LogP contribution is -1.90. The quantitative estimate of drug-likeness (QED) is 0.679. The van der Waals surface area contributed by atoms with E-state index in [1.165, 1.54) is 16.8 Å². The SMILES string of the molecule is C=CCc1nc2nccc(O)n2n1. The third-order valence-corrected chi connectivity index (χ3v) is 1.59. The van der Waals surface area contributed by atoms with E-state index in [0.717, 1.165) is 0 Å². The smallest absolute Gasteiger partial charge is 0.255 e. The van der Waals surface area contributed by atoms with E-state index in [2.05, 4.69) is 21.6 Å². The minimum atomic E-state index is 0.0350. The lowest BCUT2D eigenvalue weighted by Gasteiger charge is -1.91. The zero-order valence-corrected chi connectivity index (χ0v) is 6.88. The average molecular weight is 176 g/mol. The Morgan fingerprint density at radius 1 is 1.62 bits per heavy atom. The predicted octanol–water partition coefficient (Wildman–Crippen LogP) is 0.558. The monoisotopic (exact) mass is 176 g/mol. The number of hydrogen-bond donors (Lipinski definition) is 1. The Morgan fingerprint density at radius 2 is 2.46 bits per heavy atom. The highest BCUT2D eigenvalue weighted by molar-refractivity contribution is 5.30. The zero-order chi connectivity index (χ0) is 9.26. The van der Waals surface area contributed by atoms with E-state index in [1.807, 2.05) is 0 Å². The molecule has 0 saturated carbocycles. The van der Waals surface area contributed by atoms with Gasteiger partial charge in [-0.1, -0.05) is 6.08 Å². The fraction of sp³-hybridized carbons (Fsp3) is 0.125. The van der Waals surface area contributed by atoms with Crippen LogP contribution in [0.25, 0.3) is 5.78 Å². The van der Waals surface area contributed by atoms with Gasteiger partial charge < -0.3 is 5.11 Å². The lowest BCUT2D eigenvalue weighted by molar-refractivity contribution is 0.434. The normalized spacial score (nSPS) is 10.5. The summed E-state index contributed by atoms with van der Waals surface area (Å²) in [4.78, 5) is 8.01. The van der Waals surface area contributed by atoms with E-state index in [9.17, 15) is 5.11 Å². The predicted molar refractivity (Wildman–Crippen MR) is 46.3 cm³/mol. The molecule has 2 aromatic heterocycles. The van der Waals surface area contributed by atoms with Crippen LogP contribution in [0.3, 0.4) is 0 Å². The van der Waals surface area contributed by atoms with Crippen LogP contribution in [0.5, 0.6) is 5.88 Å². The second kappa shape index (κ2) is 2.85. The molecule has 0 aliphatic rings. The molecule has 66 valence electrons. The maximum Gasteiger partial charge on any atom is 0.255 e. The average Bonchev–Trinajstić information content (AvgIpc) is 2.49. The van der Waals surface area contributed by atoms with Crippen LogP contribution in [-0.4, -0.2) is 24.7 Å². The van der Waals surface area contributed by atoms with Crippen molar-refractivity contribution in [2.45, 2.75) is 6.42 Å². The van der Waals surface area contributed by atoms with Crippen molar-refractivity contribution >= 4 is 5.78 Å². The van der Waals surface area contributed by atoms with Gasteiger partial charge in [0.2, 0.25) is 5.88 Å². The van der Waals surface area contributed by atoms with Crippen LogP contribution in [0.15, 0.2) is 24.9 Å². The zero-order valence-electron chi connectivity index (χ0n) is 6.88. The molecule has 0 fully saturated rings. The van der Waals surface area contributed by atoms with E-state index < -0.39 is 0 Å². The largest absolute Gasteiger partial charge is 0.493 e. The number of aromatic nitrogens is 4. The minimum Gasteiger partial charge on any atom is -0.493 e. The minimum absolute atomic E-state index is 0.0350. The summed E-state index contributed by atoms with van der Waals surface area (Å²) in [5.41, 5.74) is 0. The molecular formula is C8H8N4O. The first-order valence-corrected chi connectivity index (χ1v) is 3.82. The molecule has 0 aliphatic carbocycles. The molecule has 0 atom stereocenters. The Kier molecular flexibility index (Phi) is 1.70. The third-order valence-electron chi connectivity index (χ3n) is 1.59. The first-order chi connectivity index (χ1) is 6.31. The van der Waals surface area contributed by atoms with Crippen molar-refractivity contribution in [3.63, 3.8) is 0 Å². The number of allylic oxidation sites excluding steroid dienone is 1. The van der Waals surface area contributed by atoms with Crippen LogP contribution in [0, 0.1) is 0 Å². The highest BCUT2D eigenvalue weighted by atomic mass is 16.3. The number of fused-ring (bicyclic) bond motifs is 1. The van der Waals surface area contributed by atoms with Gasteiger partial charge in [-0.15, -0.1) is 11.7 Å². The van der Waals surface area contributed by atoms with Crippen molar-refractivity contribution in [1.82, 2.24) is 19.6 Å². The van der Waals surface area contributed by atoms with Gasteiger partial charge in [-0.3, -0.25) is 0 Å². The summed E-state index contributed by atoms with van der Waals surface area (Å²) < 4.78 is 1.29. The molecule has 13 heavy (non-hydrogen) atoms. The molecule has 2 rings (SSSR count). The van der Waals surface area contributed by atoms with Crippen LogP contribution >= 0.6 is 0 Å². The van der Waals surface area contributed by atoms with Crippen molar-refractivity contribution in [3.05, 3.63) is 30.7 Å². The summed E-state index contributed by atoms with van der Waals surface area (Å²) in [5, 5.41) is 13.4. The van der Waals surface area contributed by atoms with Crippen LogP contribution < -0.4 is 0 Å². The Labute approximate surface area is 74.4 Å². The van der Waals surface area contributed by atoms with Gasteiger partial charge in [-0.25, -0.2) is 4.98 Å². The highest BCUT2D eigenvalue weighted by Gasteiger charge is 2.04. The first-order valence-electron chi connectivity index (χ1n) is 3.82. The maximum absolute atomic E-state index is 9.35. The second-order valence-electron chi connectivity index (χ2n) is 2.54. The molecular weight excluding hydrogens is 168 g/mol. The molecule has 5 heteroatoms. The standard InChI is InChI=1S/C8H8N4O/c1-2-3-6-10-8-9-5-4-7(13)12(8)11-6/h2,4-5,13H,1,3H2. The van der Waals surface area contributed by atoms with Crippen LogP contribution in [0.2, 0.25) is 0 Å². The summed E-state index contributed by atoms with van der Waals surface area (Å²) in [6.07, 6.45) is 3.76. The van der Waals surface area contributed by atoms with Gasteiger partial charge in [-0.05, 0) is 0 Å². The number of hydrogen-bond acceptors (Lipinski definition) is 4. The van der Waals surface area contributed by atoms with Gasteiger partial charge >= 0.3 is 0 Å². The summed E-state index contributed by atoms with van der Waals surface area (Å²) >= 11 is 0. The van der Waals surface area contributed by atoms with Crippen molar-refractivity contribution in [3.8, 4) is 5.88 Å². The Hall–Kier alpha value is -1.91. The number of rotatable bonds is 2. The highest BCUT2D eigenvalue weighted by Crippen LogP contribution is 2.08. The molecule has 0 aromatic carbocycles. The van der Waals surface area contributed by atoms with Crippen molar-refractivity contribution in [2.75, 3.05) is 0 Å². The molecule has 0 aliphatic heterocycles. The van der Waals surface area contributed by atoms with Gasteiger partial charge in [0.1, 0.15) is 0 Å². The maximum atomic E-state index is 9.35. The van der Waals surface area contributed by atoms with Gasteiger partial charge in [-0.2, -0.15) is 9.50 Å². The summed E-state index contributed by atoms with van der Waals surface area (Å²) in [7, 11) is 0. The number of nitrogens with zero attached hydrogens (tertiary/aromatic N) is 4. The van der Waals surface area contributed by atoms with Crippen molar-refractivity contribution in [2.24, 2.45) is 0 Å². The Bertz CT molecular complexity index is 448. The third kappa shape index (κ3) is 1.24. The first kappa shape index (κ1) is 7.72. The molecule has 0 unspecified atom stereocenters. The van der Waals surface area contributed by atoms with Crippen LogP contribution in [0.4, 0.5) is 0 Å². The van der Waals surface area contributed by atoms with Crippen molar-refractivity contribution in [1.29, 1.82) is 0 Å². The molecule has 0 spiro atoms. The van der Waals surface area contributed by atoms with Gasteiger partial charge in [0.05, 0.1) is 0 Å². The Morgan fingerprint density at radius 3 is 3.15 bits per heavy atom. The molecule has 0 radical (unpaired) electrons. The lowest BCUT2D eigenvalue weighted by atomic mass is 10.4. The van der Waals surface area contributed by atoms with E-state index in [-0.39, 0.29) is 5.88 Å². The molecule has 5 nitrogen and oxygen atoms in total. The van der Waals surface area contributed by atoms with E-state index >= 15 is 0 Å². The second-order valence-corrected chi connectivity index (χ2v) is 2.54. The van der Waals surface area contributed by atoms with E-state index in [1.54, 1.807) is 6.08 Å². The molecule has 0 amide bonds. The molecule has 2 heterocycles. The molecule has 0 bridgehead atoms. The molecule has 1 N–H and O–H groups in total. The summed E-state index contributed by atoms with van der Waals surface area (Å²) in [6, 6.07) is 1.46. The van der Waals surface area contributed by atoms with E-state index in [4.69, 9.17) is 0 Å². The topological polar surface area (TPSA) is 63.3 Å². The summed E-state index contributed by atoms with van der Waals surface area (Å²) in [6.45, 7) is 3.58. The van der Waals surface area contributed by atoms with Crippen LogP contribution in [0.1, 0.15) is 5.82 Å². The van der Waals surface area contributed by atoms with Gasteiger partial charge in [0.15, 0.2) is 5.82 Å². The number of aromatic hydroxyl groups is 1. The molecule has 0 saturated heterocycles. The summed E-state index contributed by atoms with van der Waals surface area (Å²) in [5.74, 6) is 1.04. The fourth-order valence-electron chi connectivity index (χ4n) is 1.04. The molecule has 2 aromatic rings. The van der Waals surface area contributed by atoms with E-state index in [0.29, 0.717) is 18.0 Å². The van der Waals surface area contributed by atoms with Crippen LogP contribution in [-0.2, 0) is 6.42 Å². The van der Waals surface area contributed by atoms with Gasteiger partial charge in [0, 0.05) is 18.7 Å². The fourth-order valence-corrected chi connectivity index (χ4v) is 1.04. The van der Waals surface area contributed by atoms with Gasteiger partial charge in [0.25, 0.3) is 5.78 Å².